The maximum atomic E-state index is 12.1. The number of amides is 1. The van der Waals surface area contributed by atoms with Gasteiger partial charge >= 0.3 is 0 Å². The summed E-state index contributed by atoms with van der Waals surface area (Å²) < 4.78 is 1.70. The topological polar surface area (TPSA) is 29.1 Å². The van der Waals surface area contributed by atoms with Gasteiger partial charge in [-0.3, -0.25) is 4.79 Å². The predicted octanol–water partition coefficient (Wildman–Crippen LogP) is 4.35. The third kappa shape index (κ3) is 4.60. The van der Waals surface area contributed by atoms with Gasteiger partial charge in [-0.1, -0.05) is 15.9 Å². The van der Waals surface area contributed by atoms with E-state index < -0.39 is 0 Å². The van der Waals surface area contributed by atoms with Crippen LogP contribution in [0.25, 0.3) is 0 Å². The number of hydrogen-bond acceptors (Lipinski definition) is 1. The molecule has 0 heterocycles. The summed E-state index contributed by atoms with van der Waals surface area (Å²) in [6.45, 7) is 3.92. The molecule has 0 saturated carbocycles. The summed E-state index contributed by atoms with van der Waals surface area (Å²) in [7, 11) is 0. The molecule has 0 aromatic heterocycles. The van der Waals surface area contributed by atoms with E-state index >= 15 is 0 Å². The molecule has 0 aliphatic rings. The molecule has 0 aliphatic carbocycles. The van der Waals surface area contributed by atoms with Gasteiger partial charge in [0.15, 0.2) is 0 Å². The highest BCUT2D eigenvalue weighted by molar-refractivity contribution is 9.11. The highest BCUT2D eigenvalue weighted by Crippen LogP contribution is 2.22. The van der Waals surface area contributed by atoms with E-state index in [0.717, 1.165) is 15.4 Å². The Balaban J connectivity index is 2.83. The first-order valence-electron chi connectivity index (χ1n) is 5.19. The number of hydrogen-bond donors (Lipinski definition) is 1. The van der Waals surface area contributed by atoms with E-state index in [1.807, 2.05) is 26.0 Å². The van der Waals surface area contributed by atoms with Crippen molar-refractivity contribution in [2.24, 2.45) is 0 Å². The van der Waals surface area contributed by atoms with Gasteiger partial charge in [-0.25, -0.2) is 0 Å². The lowest BCUT2D eigenvalue weighted by Gasteiger charge is -2.25. The molecule has 2 nitrogen and oxygen atoms in total. The second kappa shape index (κ2) is 6.21. The van der Waals surface area contributed by atoms with Crippen LogP contribution in [0.3, 0.4) is 0 Å². The monoisotopic (exact) mass is 381 g/mol. The molecule has 0 atom stereocenters. The van der Waals surface area contributed by atoms with Crippen molar-refractivity contribution in [1.29, 1.82) is 0 Å². The number of rotatable bonds is 4. The third-order valence-electron chi connectivity index (χ3n) is 2.35. The molecular weight excluding hydrogens is 369 g/mol. The number of nitrogens with one attached hydrogen (secondary N) is 1. The molecule has 0 saturated heterocycles. The normalized spacial score (nSPS) is 11.4. The third-order valence-corrected chi connectivity index (χ3v) is 3.69. The molecular formula is C12H14Br2ClNO. The van der Waals surface area contributed by atoms with Crippen LogP contribution in [0.2, 0.25) is 0 Å². The second-order valence-electron chi connectivity index (χ2n) is 4.40. The van der Waals surface area contributed by atoms with Crippen molar-refractivity contribution < 1.29 is 4.79 Å². The van der Waals surface area contributed by atoms with E-state index in [-0.39, 0.29) is 11.4 Å². The van der Waals surface area contributed by atoms with E-state index in [1.54, 1.807) is 6.07 Å². The van der Waals surface area contributed by atoms with Crippen LogP contribution < -0.4 is 5.32 Å². The first-order chi connectivity index (χ1) is 7.85. The van der Waals surface area contributed by atoms with Crippen molar-refractivity contribution in [1.82, 2.24) is 5.32 Å². The smallest absolute Gasteiger partial charge is 0.252 e. The van der Waals surface area contributed by atoms with Crippen molar-refractivity contribution in [2.45, 2.75) is 25.8 Å². The van der Waals surface area contributed by atoms with E-state index in [9.17, 15) is 4.79 Å². The predicted molar refractivity (Wildman–Crippen MR) is 78.7 cm³/mol. The highest BCUT2D eigenvalue weighted by atomic mass is 79.9. The van der Waals surface area contributed by atoms with Crippen LogP contribution in [0.1, 0.15) is 30.6 Å². The molecule has 0 aliphatic heterocycles. The van der Waals surface area contributed by atoms with Gasteiger partial charge in [-0.15, -0.1) is 11.6 Å². The van der Waals surface area contributed by atoms with Gasteiger partial charge in [-0.05, 0) is 54.4 Å². The standard InChI is InChI=1S/C12H14Br2ClNO/c1-12(2,5-6-15)16-11(17)9-4-3-8(13)7-10(9)14/h3-4,7H,5-6H2,1-2H3,(H,16,17). The summed E-state index contributed by atoms with van der Waals surface area (Å²) in [5, 5.41) is 2.97. The number of alkyl halides is 1. The fourth-order valence-electron chi connectivity index (χ4n) is 1.35. The van der Waals surface area contributed by atoms with Crippen molar-refractivity contribution in [3.63, 3.8) is 0 Å². The lowest BCUT2D eigenvalue weighted by Crippen LogP contribution is -2.43. The largest absolute Gasteiger partial charge is 0.347 e. The Morgan fingerprint density at radius 2 is 2.06 bits per heavy atom. The van der Waals surface area contributed by atoms with Gasteiger partial charge in [0.05, 0.1) is 5.56 Å². The molecule has 5 heteroatoms. The van der Waals surface area contributed by atoms with Gasteiger partial charge in [0.25, 0.3) is 5.91 Å². The van der Waals surface area contributed by atoms with Crippen LogP contribution in [0, 0.1) is 0 Å². The van der Waals surface area contributed by atoms with Crippen LogP contribution in [0.4, 0.5) is 0 Å². The number of halogens is 3. The first kappa shape index (κ1) is 15.0. The van der Waals surface area contributed by atoms with E-state index in [0.29, 0.717) is 11.4 Å². The van der Waals surface area contributed by atoms with E-state index in [4.69, 9.17) is 11.6 Å². The number of carbonyl (C=O) groups excluding carboxylic acids is 1. The van der Waals surface area contributed by atoms with Gasteiger partial charge < -0.3 is 5.32 Å². The summed E-state index contributed by atoms with van der Waals surface area (Å²) in [5.41, 5.74) is 0.321. The molecule has 0 radical (unpaired) electrons. The number of carbonyl (C=O) groups is 1. The van der Waals surface area contributed by atoms with Crippen molar-refractivity contribution in [3.05, 3.63) is 32.7 Å². The lowest BCUT2D eigenvalue weighted by atomic mass is 10.0. The number of benzene rings is 1. The average Bonchev–Trinajstić information content (AvgIpc) is 2.15. The molecule has 1 aromatic rings. The minimum Gasteiger partial charge on any atom is -0.347 e. The summed E-state index contributed by atoms with van der Waals surface area (Å²) in [6.07, 6.45) is 0.731. The summed E-state index contributed by atoms with van der Waals surface area (Å²) in [4.78, 5) is 12.1. The summed E-state index contributed by atoms with van der Waals surface area (Å²) in [6, 6.07) is 5.47. The fraction of sp³-hybridized carbons (Fsp3) is 0.417. The first-order valence-corrected chi connectivity index (χ1v) is 7.31. The SMILES string of the molecule is CC(C)(CCCl)NC(=O)c1ccc(Br)cc1Br. The average molecular weight is 384 g/mol. The highest BCUT2D eigenvalue weighted by Gasteiger charge is 2.21. The molecule has 1 rings (SSSR count). The lowest BCUT2D eigenvalue weighted by molar-refractivity contribution is 0.0911. The molecule has 1 aromatic carbocycles. The summed E-state index contributed by atoms with van der Waals surface area (Å²) in [5.74, 6) is 0.425. The van der Waals surface area contributed by atoms with Crippen LogP contribution in [-0.2, 0) is 0 Å². The quantitative estimate of drug-likeness (QED) is 0.770. The van der Waals surface area contributed by atoms with Crippen molar-refractivity contribution in [3.8, 4) is 0 Å². The van der Waals surface area contributed by atoms with Gasteiger partial charge in [0.2, 0.25) is 0 Å². The Hall–Kier alpha value is -0.0600. The summed E-state index contributed by atoms with van der Waals surface area (Å²) >= 11 is 12.4. The second-order valence-corrected chi connectivity index (χ2v) is 6.55. The Labute approximate surface area is 123 Å². The molecule has 0 unspecified atom stereocenters. The maximum Gasteiger partial charge on any atom is 0.252 e. The zero-order valence-electron chi connectivity index (χ0n) is 9.69. The van der Waals surface area contributed by atoms with Crippen LogP contribution >= 0.6 is 43.5 Å². The van der Waals surface area contributed by atoms with Crippen LogP contribution in [0.15, 0.2) is 27.1 Å². The Bertz CT molecular complexity index is 421. The van der Waals surface area contributed by atoms with Gasteiger partial charge in [-0.2, -0.15) is 0 Å². The zero-order valence-corrected chi connectivity index (χ0v) is 13.6. The molecule has 0 bridgehead atoms. The molecule has 94 valence electrons. The van der Waals surface area contributed by atoms with Crippen LogP contribution in [0.5, 0.6) is 0 Å². The Morgan fingerprint density at radius 3 is 2.59 bits per heavy atom. The van der Waals surface area contributed by atoms with Crippen molar-refractivity contribution in [2.75, 3.05) is 5.88 Å². The van der Waals surface area contributed by atoms with E-state index in [2.05, 4.69) is 37.2 Å². The van der Waals surface area contributed by atoms with Crippen molar-refractivity contribution >= 4 is 49.4 Å². The van der Waals surface area contributed by atoms with Gasteiger partial charge in [0, 0.05) is 20.4 Å². The maximum absolute atomic E-state index is 12.1. The Kier molecular flexibility index (Phi) is 5.48. The van der Waals surface area contributed by atoms with E-state index in [1.165, 1.54) is 0 Å². The minimum atomic E-state index is -0.300. The van der Waals surface area contributed by atoms with Crippen LogP contribution in [-0.4, -0.2) is 17.3 Å². The molecule has 1 amide bonds. The van der Waals surface area contributed by atoms with Gasteiger partial charge in [0.1, 0.15) is 0 Å². The molecule has 17 heavy (non-hydrogen) atoms. The molecule has 1 N–H and O–H groups in total. The fourth-order valence-corrected chi connectivity index (χ4v) is 3.05. The molecule has 0 spiro atoms. The zero-order chi connectivity index (χ0) is 13.1. The molecule has 0 fully saturated rings. The minimum absolute atomic E-state index is 0.0977. The Morgan fingerprint density at radius 1 is 1.41 bits per heavy atom.